The molecule has 3 nitrogen and oxygen atoms in total. The van der Waals surface area contributed by atoms with Gasteiger partial charge in [0.25, 0.3) is 0 Å². The Morgan fingerprint density at radius 1 is 1.29 bits per heavy atom. The van der Waals surface area contributed by atoms with Crippen molar-refractivity contribution >= 4 is 50.3 Å². The Morgan fingerprint density at radius 2 is 2.07 bits per heavy atom. The average Bonchev–Trinajstić information content (AvgIpc) is 3.41. The molecule has 1 N–H and O–H groups in total. The summed E-state index contributed by atoms with van der Waals surface area (Å²) in [6, 6.07) is 11.3. The molecule has 0 radical (unpaired) electrons. The number of piperidine rings is 1. The zero-order valence-electron chi connectivity index (χ0n) is 15.8. The maximum atomic E-state index is 11.6. The van der Waals surface area contributed by atoms with Crippen LogP contribution in [0, 0.1) is 0 Å². The fraction of sp³-hybridized carbons (Fsp3) is 0.435. The van der Waals surface area contributed by atoms with Crippen molar-refractivity contribution in [1.82, 2.24) is 10.2 Å². The number of hydrogen-bond donors (Lipinski definition) is 1. The van der Waals surface area contributed by atoms with Gasteiger partial charge in [0.1, 0.15) is 0 Å². The van der Waals surface area contributed by atoms with Crippen LogP contribution in [-0.2, 0) is 11.3 Å². The van der Waals surface area contributed by atoms with E-state index in [0.29, 0.717) is 17.3 Å². The standard InChI is InChI=1S/C23H24BrClN2O/c24-13-21(28)26-17-6-9-27(10-7-17)14-19-18-4-2-1-3-15(18)11-16-5-8-23(25)12-20(23)22(16)19/h1-5,8,11,17,20H,6-7,9-10,12-14H2,(H,26,28). The normalized spacial score (nSPS) is 26.7. The molecule has 2 fully saturated rings. The van der Waals surface area contributed by atoms with Crippen LogP contribution in [0.1, 0.15) is 41.9 Å². The Bertz CT molecular complexity index is 966. The number of likely N-dealkylation sites (tertiary alicyclic amines) is 1. The molecule has 1 saturated heterocycles. The molecule has 2 unspecified atom stereocenters. The van der Waals surface area contributed by atoms with Crippen molar-refractivity contribution in [2.75, 3.05) is 18.4 Å². The van der Waals surface area contributed by atoms with E-state index in [1.165, 1.54) is 27.5 Å². The molecule has 2 aromatic rings. The van der Waals surface area contributed by atoms with Gasteiger partial charge in [0.2, 0.25) is 5.91 Å². The van der Waals surface area contributed by atoms with Crippen LogP contribution < -0.4 is 5.32 Å². The second-order valence-corrected chi connectivity index (χ2v) is 9.61. The number of nitrogens with zero attached hydrogens (tertiary/aromatic N) is 1. The molecule has 1 aliphatic heterocycles. The van der Waals surface area contributed by atoms with Gasteiger partial charge in [-0.2, -0.15) is 0 Å². The lowest BCUT2D eigenvalue weighted by Gasteiger charge is -2.33. The van der Waals surface area contributed by atoms with Gasteiger partial charge in [-0.1, -0.05) is 52.3 Å². The van der Waals surface area contributed by atoms with E-state index in [0.717, 1.165) is 38.9 Å². The minimum absolute atomic E-state index is 0.0838. The quantitative estimate of drug-likeness (QED) is 0.666. The topological polar surface area (TPSA) is 32.3 Å². The van der Waals surface area contributed by atoms with Gasteiger partial charge < -0.3 is 5.32 Å². The summed E-state index contributed by atoms with van der Waals surface area (Å²) < 4.78 is 0. The predicted octanol–water partition coefficient (Wildman–Crippen LogP) is 4.81. The molecule has 0 spiro atoms. The van der Waals surface area contributed by atoms with E-state index >= 15 is 0 Å². The van der Waals surface area contributed by atoms with Crippen molar-refractivity contribution in [2.24, 2.45) is 0 Å². The average molecular weight is 460 g/mol. The highest BCUT2D eigenvalue weighted by Gasteiger charge is 2.54. The summed E-state index contributed by atoms with van der Waals surface area (Å²) in [6.07, 6.45) is 7.48. The predicted molar refractivity (Wildman–Crippen MR) is 119 cm³/mol. The van der Waals surface area contributed by atoms with Crippen LogP contribution in [0.2, 0.25) is 0 Å². The van der Waals surface area contributed by atoms with Gasteiger partial charge >= 0.3 is 0 Å². The third kappa shape index (κ3) is 3.30. The molecule has 2 aromatic carbocycles. The monoisotopic (exact) mass is 458 g/mol. The maximum Gasteiger partial charge on any atom is 0.230 e. The molecule has 28 heavy (non-hydrogen) atoms. The first-order valence-corrected chi connectivity index (χ1v) is 11.6. The van der Waals surface area contributed by atoms with E-state index in [4.69, 9.17) is 11.6 Å². The molecule has 1 amide bonds. The summed E-state index contributed by atoms with van der Waals surface area (Å²) >= 11 is 10.0. The van der Waals surface area contributed by atoms with Crippen molar-refractivity contribution in [3.8, 4) is 0 Å². The summed E-state index contributed by atoms with van der Waals surface area (Å²) in [6.45, 7) is 2.98. The molecular formula is C23H24BrClN2O. The zero-order chi connectivity index (χ0) is 19.3. The van der Waals surface area contributed by atoms with Crippen LogP contribution >= 0.6 is 27.5 Å². The van der Waals surface area contributed by atoms with Crippen molar-refractivity contribution in [2.45, 2.75) is 42.6 Å². The van der Waals surface area contributed by atoms with Crippen molar-refractivity contribution < 1.29 is 4.79 Å². The Balaban J connectivity index is 1.42. The first-order valence-electron chi connectivity index (χ1n) is 10.1. The van der Waals surface area contributed by atoms with Crippen molar-refractivity contribution in [1.29, 1.82) is 0 Å². The molecule has 3 aliphatic rings. The number of nitrogens with one attached hydrogen (secondary N) is 1. The molecule has 5 heteroatoms. The minimum atomic E-state index is -0.156. The third-order valence-corrected chi connectivity index (χ3v) is 7.57. The van der Waals surface area contributed by atoms with Gasteiger partial charge in [-0.15, -0.1) is 11.6 Å². The second kappa shape index (κ2) is 7.16. The third-order valence-electron chi connectivity index (χ3n) is 6.51. The van der Waals surface area contributed by atoms with Gasteiger partial charge in [0.05, 0.1) is 10.2 Å². The van der Waals surface area contributed by atoms with Gasteiger partial charge in [0, 0.05) is 31.6 Å². The molecule has 5 rings (SSSR count). The summed E-state index contributed by atoms with van der Waals surface area (Å²) in [5, 5.41) is 6.16. The Hall–Kier alpha value is -1.36. The van der Waals surface area contributed by atoms with E-state index in [9.17, 15) is 4.79 Å². The van der Waals surface area contributed by atoms with Crippen LogP contribution in [-0.4, -0.2) is 40.1 Å². The van der Waals surface area contributed by atoms with E-state index < -0.39 is 0 Å². The first kappa shape index (κ1) is 18.7. The lowest BCUT2D eigenvalue weighted by molar-refractivity contribution is -0.119. The highest BCUT2D eigenvalue weighted by molar-refractivity contribution is 9.09. The Morgan fingerprint density at radius 3 is 2.86 bits per heavy atom. The molecule has 2 aliphatic carbocycles. The molecule has 0 aromatic heterocycles. The summed E-state index contributed by atoms with van der Waals surface area (Å²) in [4.78, 5) is 14.0. The van der Waals surface area contributed by atoms with Gasteiger partial charge in [0.15, 0.2) is 0 Å². The fourth-order valence-corrected chi connectivity index (χ4v) is 5.40. The molecular weight excluding hydrogens is 436 g/mol. The SMILES string of the molecule is O=C(CBr)NC1CCN(Cc2c3c(cc4ccccc24)C=CC2(Cl)CC32)CC1. The zero-order valence-corrected chi connectivity index (χ0v) is 18.1. The molecule has 1 saturated carbocycles. The number of fused-ring (bicyclic) bond motifs is 4. The van der Waals surface area contributed by atoms with E-state index in [-0.39, 0.29) is 10.8 Å². The summed E-state index contributed by atoms with van der Waals surface area (Å²) in [5.74, 6) is 0.532. The minimum Gasteiger partial charge on any atom is -0.353 e. The molecule has 1 heterocycles. The number of allylic oxidation sites excluding steroid dienone is 1. The van der Waals surface area contributed by atoms with Gasteiger partial charge in [-0.25, -0.2) is 0 Å². The number of amides is 1. The van der Waals surface area contributed by atoms with Gasteiger partial charge in [-0.3, -0.25) is 9.69 Å². The van der Waals surface area contributed by atoms with E-state index in [2.05, 4.69) is 68.6 Å². The fourth-order valence-electron chi connectivity index (χ4n) is 4.92. The van der Waals surface area contributed by atoms with Crippen LogP contribution in [0.15, 0.2) is 36.4 Å². The Labute approximate surface area is 179 Å². The van der Waals surface area contributed by atoms with Crippen molar-refractivity contribution in [3.05, 3.63) is 53.1 Å². The number of carbonyl (C=O) groups is 1. The number of hydrogen-bond acceptors (Lipinski definition) is 2. The number of halogens is 2. The van der Waals surface area contributed by atoms with Gasteiger partial charge in [-0.05, 0) is 52.8 Å². The lowest BCUT2D eigenvalue weighted by atomic mass is 9.87. The number of benzene rings is 2. The largest absolute Gasteiger partial charge is 0.353 e. The molecule has 0 bridgehead atoms. The van der Waals surface area contributed by atoms with Crippen LogP contribution in [0.25, 0.3) is 16.8 Å². The number of alkyl halides is 2. The van der Waals surface area contributed by atoms with Crippen LogP contribution in [0.3, 0.4) is 0 Å². The number of carbonyl (C=O) groups excluding carboxylic acids is 1. The summed E-state index contributed by atoms with van der Waals surface area (Å²) in [5.41, 5.74) is 4.26. The highest BCUT2D eigenvalue weighted by Crippen LogP contribution is 2.62. The number of rotatable bonds is 4. The maximum absolute atomic E-state index is 11.6. The van der Waals surface area contributed by atoms with Crippen LogP contribution in [0.4, 0.5) is 0 Å². The summed E-state index contributed by atoms with van der Waals surface area (Å²) in [7, 11) is 0. The lowest BCUT2D eigenvalue weighted by Crippen LogP contribution is -2.44. The smallest absolute Gasteiger partial charge is 0.230 e. The molecule has 146 valence electrons. The van der Waals surface area contributed by atoms with E-state index in [1.807, 2.05) is 0 Å². The molecule has 2 atom stereocenters. The van der Waals surface area contributed by atoms with Crippen LogP contribution in [0.5, 0.6) is 0 Å². The second-order valence-electron chi connectivity index (χ2n) is 8.35. The first-order chi connectivity index (χ1) is 13.6. The highest BCUT2D eigenvalue weighted by atomic mass is 79.9. The van der Waals surface area contributed by atoms with E-state index in [1.54, 1.807) is 0 Å². The van der Waals surface area contributed by atoms with Crippen molar-refractivity contribution in [3.63, 3.8) is 0 Å². The Kier molecular flexibility index (Phi) is 4.77.